The van der Waals surface area contributed by atoms with Gasteiger partial charge >= 0.3 is 0 Å². The quantitative estimate of drug-likeness (QED) is 0.578. The van der Waals surface area contributed by atoms with Crippen LogP contribution in [0.4, 0.5) is 0 Å². The predicted molar refractivity (Wildman–Crippen MR) is 62.7 cm³/mol. The van der Waals surface area contributed by atoms with Crippen LogP contribution in [-0.4, -0.2) is 74.6 Å². The second-order valence-electron chi connectivity index (χ2n) is 4.11. The van der Waals surface area contributed by atoms with Gasteiger partial charge in [-0.15, -0.1) is 0 Å². The molecule has 1 fully saturated rings. The van der Waals surface area contributed by atoms with Gasteiger partial charge in [-0.1, -0.05) is 0 Å². The first-order chi connectivity index (χ1) is 8.20. The molecule has 0 bridgehead atoms. The Morgan fingerprint density at radius 3 is 3.12 bits per heavy atom. The van der Waals surface area contributed by atoms with Crippen LogP contribution in [0, 0.1) is 0 Å². The maximum atomic E-state index is 11.8. The number of hydrogen-bond acceptors (Lipinski definition) is 5. The van der Waals surface area contributed by atoms with E-state index in [1.165, 1.54) is 0 Å². The van der Waals surface area contributed by atoms with Crippen molar-refractivity contribution in [3.8, 4) is 0 Å². The van der Waals surface area contributed by atoms with Crippen molar-refractivity contribution in [2.75, 3.05) is 46.6 Å². The lowest BCUT2D eigenvalue weighted by Crippen LogP contribution is -2.56. The molecule has 100 valence electrons. The van der Waals surface area contributed by atoms with Gasteiger partial charge in [0.15, 0.2) is 0 Å². The van der Waals surface area contributed by atoms with Gasteiger partial charge in [-0.25, -0.2) is 0 Å². The van der Waals surface area contributed by atoms with Crippen molar-refractivity contribution in [2.45, 2.75) is 19.0 Å². The number of ether oxygens (including phenoxy) is 2. The first kappa shape index (κ1) is 14.4. The highest BCUT2D eigenvalue weighted by molar-refractivity contribution is 5.81. The maximum Gasteiger partial charge on any atom is 0.237 e. The molecule has 2 unspecified atom stereocenters. The number of carbonyl (C=O) groups excluding carboxylic acids is 1. The number of carbonyl (C=O) groups is 1. The third kappa shape index (κ3) is 4.23. The van der Waals surface area contributed by atoms with Crippen LogP contribution in [0.2, 0.25) is 0 Å². The van der Waals surface area contributed by atoms with Crippen LogP contribution in [0.25, 0.3) is 0 Å². The first-order valence-corrected chi connectivity index (χ1v) is 5.91. The van der Waals surface area contributed by atoms with Crippen LogP contribution in [0.5, 0.6) is 0 Å². The highest BCUT2D eigenvalue weighted by Crippen LogP contribution is 2.10. The van der Waals surface area contributed by atoms with Gasteiger partial charge < -0.3 is 19.9 Å². The molecule has 2 N–H and O–H groups in total. The van der Waals surface area contributed by atoms with Gasteiger partial charge in [-0.2, -0.15) is 0 Å². The number of hydrogen-bond donors (Lipinski definition) is 2. The van der Waals surface area contributed by atoms with Crippen molar-refractivity contribution in [3.63, 3.8) is 0 Å². The van der Waals surface area contributed by atoms with E-state index in [-0.39, 0.29) is 24.6 Å². The van der Waals surface area contributed by atoms with Crippen LogP contribution in [0.15, 0.2) is 0 Å². The van der Waals surface area contributed by atoms with Crippen molar-refractivity contribution in [2.24, 2.45) is 0 Å². The van der Waals surface area contributed by atoms with E-state index >= 15 is 0 Å². The molecule has 1 aliphatic rings. The number of methoxy groups -OCH3 is 1. The van der Waals surface area contributed by atoms with Crippen LogP contribution >= 0.6 is 0 Å². The minimum absolute atomic E-state index is 0.00961. The molecule has 0 aromatic heterocycles. The number of morpholine rings is 1. The molecule has 0 radical (unpaired) electrons. The summed E-state index contributed by atoms with van der Waals surface area (Å²) in [6.07, 6.45) is 0. The maximum absolute atomic E-state index is 11.8. The molecule has 1 saturated heterocycles. The van der Waals surface area contributed by atoms with Crippen LogP contribution in [-0.2, 0) is 14.3 Å². The van der Waals surface area contributed by atoms with E-state index in [0.717, 1.165) is 0 Å². The van der Waals surface area contributed by atoms with Crippen LogP contribution in [0.3, 0.4) is 0 Å². The summed E-state index contributed by atoms with van der Waals surface area (Å²) in [5.41, 5.74) is 0. The normalized spacial score (nSPS) is 23.4. The van der Waals surface area contributed by atoms with E-state index in [0.29, 0.717) is 32.9 Å². The SMILES string of the molecule is COCCNC(=O)C(C)N1CCOCC1CO. The Balaban J connectivity index is 2.42. The van der Waals surface area contributed by atoms with E-state index in [2.05, 4.69) is 5.32 Å². The Morgan fingerprint density at radius 1 is 1.71 bits per heavy atom. The van der Waals surface area contributed by atoms with Gasteiger partial charge in [0.2, 0.25) is 5.91 Å². The zero-order chi connectivity index (χ0) is 12.7. The lowest BCUT2D eigenvalue weighted by Gasteiger charge is -2.37. The smallest absolute Gasteiger partial charge is 0.237 e. The molecule has 6 heteroatoms. The van der Waals surface area contributed by atoms with Gasteiger partial charge in [0, 0.05) is 20.2 Å². The Kier molecular flexibility index (Phi) is 6.43. The molecule has 2 atom stereocenters. The average molecular weight is 246 g/mol. The summed E-state index contributed by atoms with van der Waals surface area (Å²) in [6, 6.07) is -0.347. The summed E-state index contributed by atoms with van der Waals surface area (Å²) in [5.74, 6) is -0.0394. The second kappa shape index (κ2) is 7.60. The lowest BCUT2D eigenvalue weighted by molar-refractivity contribution is -0.130. The minimum atomic E-state index is -0.257. The van der Waals surface area contributed by atoms with E-state index < -0.39 is 0 Å². The summed E-state index contributed by atoms with van der Waals surface area (Å²) < 4.78 is 10.1. The van der Waals surface area contributed by atoms with Gasteiger partial charge in [0.1, 0.15) is 0 Å². The zero-order valence-electron chi connectivity index (χ0n) is 10.5. The fourth-order valence-electron chi connectivity index (χ4n) is 1.91. The molecule has 6 nitrogen and oxygen atoms in total. The predicted octanol–water partition coefficient (Wildman–Crippen LogP) is -1.17. The topological polar surface area (TPSA) is 71.0 Å². The highest BCUT2D eigenvalue weighted by Gasteiger charge is 2.30. The molecule has 1 rings (SSSR count). The number of aliphatic hydroxyl groups excluding tert-OH is 1. The molecule has 0 saturated carbocycles. The molecule has 0 aromatic carbocycles. The Bertz CT molecular complexity index is 238. The third-order valence-corrected chi connectivity index (χ3v) is 2.97. The summed E-state index contributed by atoms with van der Waals surface area (Å²) in [4.78, 5) is 13.8. The summed E-state index contributed by atoms with van der Waals surface area (Å²) in [5, 5.41) is 12.0. The van der Waals surface area contributed by atoms with Gasteiger partial charge in [0.25, 0.3) is 0 Å². The molecule has 17 heavy (non-hydrogen) atoms. The molecule has 0 spiro atoms. The molecular formula is C11H22N2O4. The van der Waals surface area contributed by atoms with Crippen molar-refractivity contribution in [1.29, 1.82) is 0 Å². The Labute approximate surface area is 102 Å². The van der Waals surface area contributed by atoms with E-state index in [4.69, 9.17) is 9.47 Å². The van der Waals surface area contributed by atoms with Crippen molar-refractivity contribution in [1.82, 2.24) is 10.2 Å². The molecule has 0 aromatic rings. The van der Waals surface area contributed by atoms with Crippen LogP contribution < -0.4 is 5.32 Å². The lowest BCUT2D eigenvalue weighted by atomic mass is 10.1. The number of aliphatic hydroxyl groups is 1. The third-order valence-electron chi connectivity index (χ3n) is 2.97. The first-order valence-electron chi connectivity index (χ1n) is 5.91. The molecule has 1 aliphatic heterocycles. The number of rotatable bonds is 6. The summed E-state index contributed by atoms with van der Waals surface area (Å²) in [6.45, 7) is 4.62. The monoisotopic (exact) mass is 246 g/mol. The van der Waals surface area contributed by atoms with E-state index in [1.54, 1.807) is 7.11 Å². The molecule has 0 aliphatic carbocycles. The van der Waals surface area contributed by atoms with Gasteiger partial charge in [-0.3, -0.25) is 9.69 Å². The van der Waals surface area contributed by atoms with Crippen molar-refractivity contribution < 1.29 is 19.4 Å². The van der Waals surface area contributed by atoms with E-state index in [9.17, 15) is 9.90 Å². The van der Waals surface area contributed by atoms with E-state index in [1.807, 2.05) is 11.8 Å². The zero-order valence-corrected chi connectivity index (χ0v) is 10.5. The Morgan fingerprint density at radius 2 is 2.47 bits per heavy atom. The summed E-state index contributed by atoms with van der Waals surface area (Å²) >= 11 is 0. The average Bonchev–Trinajstić information content (AvgIpc) is 2.38. The second-order valence-corrected chi connectivity index (χ2v) is 4.11. The fourth-order valence-corrected chi connectivity index (χ4v) is 1.91. The van der Waals surface area contributed by atoms with Crippen LogP contribution in [0.1, 0.15) is 6.92 Å². The van der Waals surface area contributed by atoms with Gasteiger partial charge in [-0.05, 0) is 6.92 Å². The standard InChI is InChI=1S/C11H22N2O4/c1-9(11(15)12-3-5-16-2)13-4-6-17-8-10(13)7-14/h9-10,14H,3-8H2,1-2H3,(H,12,15). The fraction of sp³-hybridized carbons (Fsp3) is 0.909. The van der Waals surface area contributed by atoms with Crippen molar-refractivity contribution >= 4 is 5.91 Å². The minimum Gasteiger partial charge on any atom is -0.395 e. The largest absolute Gasteiger partial charge is 0.395 e. The highest BCUT2D eigenvalue weighted by atomic mass is 16.5. The molecule has 1 amide bonds. The summed E-state index contributed by atoms with van der Waals surface area (Å²) in [7, 11) is 1.60. The number of nitrogens with zero attached hydrogens (tertiary/aromatic N) is 1. The molecule has 1 heterocycles. The number of amides is 1. The van der Waals surface area contributed by atoms with Gasteiger partial charge in [0.05, 0.1) is 38.5 Å². The molecular weight excluding hydrogens is 224 g/mol. The number of nitrogens with one attached hydrogen (secondary N) is 1. The Hall–Kier alpha value is -0.690. The van der Waals surface area contributed by atoms with Crippen molar-refractivity contribution in [3.05, 3.63) is 0 Å².